The minimum absolute atomic E-state index is 0.0343. The molecule has 3 rings (SSSR count). The summed E-state index contributed by atoms with van der Waals surface area (Å²) >= 11 is 0. The van der Waals surface area contributed by atoms with Gasteiger partial charge in [0.1, 0.15) is 11.5 Å². The van der Waals surface area contributed by atoms with Gasteiger partial charge >= 0.3 is 0 Å². The Morgan fingerprint density at radius 3 is 2.40 bits per heavy atom. The molecule has 0 saturated heterocycles. The zero-order valence-corrected chi connectivity index (χ0v) is 11.1. The summed E-state index contributed by atoms with van der Waals surface area (Å²) in [5.41, 5.74) is 1.98. The molecule has 0 heterocycles. The third-order valence-electron chi connectivity index (χ3n) is 3.43. The monoisotopic (exact) mass is 268 g/mol. The number of carbonyl (C=O) groups excluding carboxylic acids is 2. The Balaban J connectivity index is 2.34. The average Bonchev–Trinajstić information content (AvgIpc) is 2.43. The SMILES string of the molecule is COc1cc(C)cc2c1C(=O)c1ccc(O)cc1C2=O. The van der Waals surface area contributed by atoms with Gasteiger partial charge in [-0.1, -0.05) is 0 Å². The molecule has 4 heteroatoms. The van der Waals surface area contributed by atoms with Crippen molar-refractivity contribution >= 4 is 11.6 Å². The predicted octanol–water partition coefficient (Wildman–Crippen LogP) is 2.48. The second-order valence-corrected chi connectivity index (χ2v) is 4.78. The lowest BCUT2D eigenvalue weighted by Crippen LogP contribution is -2.21. The molecule has 2 aromatic rings. The van der Waals surface area contributed by atoms with E-state index in [1.165, 1.54) is 25.3 Å². The van der Waals surface area contributed by atoms with Gasteiger partial charge in [0.15, 0.2) is 11.6 Å². The maximum Gasteiger partial charge on any atom is 0.198 e. The van der Waals surface area contributed by atoms with Gasteiger partial charge in [0.25, 0.3) is 0 Å². The molecule has 0 spiro atoms. The predicted molar refractivity (Wildman–Crippen MR) is 72.7 cm³/mol. The zero-order chi connectivity index (χ0) is 14.4. The van der Waals surface area contributed by atoms with E-state index in [-0.39, 0.29) is 22.9 Å². The molecule has 0 aromatic heterocycles. The highest BCUT2D eigenvalue weighted by Crippen LogP contribution is 2.35. The molecule has 1 aliphatic carbocycles. The molecule has 4 nitrogen and oxygen atoms in total. The van der Waals surface area contributed by atoms with Crippen molar-refractivity contribution in [3.05, 3.63) is 58.1 Å². The van der Waals surface area contributed by atoms with Crippen LogP contribution in [0.3, 0.4) is 0 Å². The summed E-state index contributed by atoms with van der Waals surface area (Å²) in [6.45, 7) is 1.83. The summed E-state index contributed by atoms with van der Waals surface area (Å²) in [6, 6.07) is 7.59. The number of benzene rings is 2. The van der Waals surface area contributed by atoms with Crippen molar-refractivity contribution in [2.75, 3.05) is 7.11 Å². The van der Waals surface area contributed by atoms with Crippen LogP contribution in [0.5, 0.6) is 11.5 Å². The third-order valence-corrected chi connectivity index (χ3v) is 3.43. The zero-order valence-electron chi connectivity index (χ0n) is 11.1. The van der Waals surface area contributed by atoms with E-state index in [1.807, 2.05) is 6.92 Å². The van der Waals surface area contributed by atoms with Gasteiger partial charge in [-0.25, -0.2) is 0 Å². The highest BCUT2D eigenvalue weighted by atomic mass is 16.5. The molecule has 100 valence electrons. The largest absolute Gasteiger partial charge is 0.508 e. The number of ketones is 2. The summed E-state index contributed by atoms with van der Waals surface area (Å²) in [5.74, 6) is -0.163. The van der Waals surface area contributed by atoms with Crippen molar-refractivity contribution in [1.29, 1.82) is 0 Å². The van der Waals surface area contributed by atoms with Gasteiger partial charge < -0.3 is 9.84 Å². The molecule has 0 unspecified atom stereocenters. The summed E-state index contributed by atoms with van der Waals surface area (Å²) in [6.07, 6.45) is 0. The van der Waals surface area contributed by atoms with Crippen LogP contribution in [-0.4, -0.2) is 23.8 Å². The number of ether oxygens (including phenoxy) is 1. The fourth-order valence-electron chi connectivity index (χ4n) is 2.53. The van der Waals surface area contributed by atoms with E-state index < -0.39 is 0 Å². The summed E-state index contributed by atoms with van der Waals surface area (Å²) in [5, 5.41) is 9.51. The van der Waals surface area contributed by atoms with Gasteiger partial charge in [0.2, 0.25) is 0 Å². The first-order chi connectivity index (χ1) is 9.52. The first-order valence-corrected chi connectivity index (χ1v) is 6.14. The van der Waals surface area contributed by atoms with E-state index in [0.29, 0.717) is 22.4 Å². The summed E-state index contributed by atoms with van der Waals surface area (Å²) in [4.78, 5) is 25.0. The molecule has 0 bridgehead atoms. The molecule has 1 N–H and O–H groups in total. The highest BCUT2D eigenvalue weighted by molar-refractivity contribution is 6.29. The molecular weight excluding hydrogens is 256 g/mol. The normalized spacial score (nSPS) is 12.9. The van der Waals surface area contributed by atoms with Crippen molar-refractivity contribution < 1.29 is 19.4 Å². The van der Waals surface area contributed by atoms with Crippen LogP contribution in [-0.2, 0) is 0 Å². The molecule has 2 aromatic carbocycles. The van der Waals surface area contributed by atoms with Crippen LogP contribution < -0.4 is 4.74 Å². The van der Waals surface area contributed by atoms with Crippen LogP contribution in [0.1, 0.15) is 37.4 Å². The number of phenolic OH excluding ortho intramolecular Hbond substituents is 1. The lowest BCUT2D eigenvalue weighted by atomic mass is 9.83. The van der Waals surface area contributed by atoms with Crippen molar-refractivity contribution in [3.8, 4) is 11.5 Å². The number of aromatic hydroxyl groups is 1. The van der Waals surface area contributed by atoms with Gasteiger partial charge in [-0.15, -0.1) is 0 Å². The minimum Gasteiger partial charge on any atom is -0.508 e. The highest BCUT2D eigenvalue weighted by Gasteiger charge is 2.32. The van der Waals surface area contributed by atoms with Gasteiger partial charge in [0, 0.05) is 16.7 Å². The van der Waals surface area contributed by atoms with Crippen LogP contribution in [0, 0.1) is 6.92 Å². The van der Waals surface area contributed by atoms with E-state index in [1.54, 1.807) is 12.1 Å². The third kappa shape index (κ3) is 1.61. The van der Waals surface area contributed by atoms with Crippen LogP contribution in [0.2, 0.25) is 0 Å². The van der Waals surface area contributed by atoms with Crippen LogP contribution >= 0.6 is 0 Å². The summed E-state index contributed by atoms with van der Waals surface area (Å²) < 4.78 is 5.23. The number of aryl methyl sites for hydroxylation is 1. The number of rotatable bonds is 1. The lowest BCUT2D eigenvalue weighted by molar-refractivity contribution is 0.0976. The van der Waals surface area contributed by atoms with Gasteiger partial charge in [-0.3, -0.25) is 9.59 Å². The van der Waals surface area contributed by atoms with Crippen LogP contribution in [0.15, 0.2) is 30.3 Å². The van der Waals surface area contributed by atoms with Crippen LogP contribution in [0.25, 0.3) is 0 Å². The van der Waals surface area contributed by atoms with E-state index in [4.69, 9.17) is 4.74 Å². The molecule has 0 atom stereocenters. The van der Waals surface area contributed by atoms with Crippen molar-refractivity contribution in [3.63, 3.8) is 0 Å². The van der Waals surface area contributed by atoms with E-state index >= 15 is 0 Å². The number of phenols is 1. The average molecular weight is 268 g/mol. The Bertz CT molecular complexity index is 759. The van der Waals surface area contributed by atoms with Crippen molar-refractivity contribution in [2.45, 2.75) is 6.92 Å². The second-order valence-electron chi connectivity index (χ2n) is 4.78. The molecular formula is C16H12O4. The molecule has 0 radical (unpaired) electrons. The maximum atomic E-state index is 12.5. The fourth-order valence-corrected chi connectivity index (χ4v) is 2.53. The molecule has 1 aliphatic rings. The number of fused-ring (bicyclic) bond motifs is 2. The first-order valence-electron chi connectivity index (χ1n) is 6.14. The Hall–Kier alpha value is -2.62. The van der Waals surface area contributed by atoms with Gasteiger partial charge in [-0.05, 0) is 42.8 Å². The molecule has 0 saturated carbocycles. The standard InChI is InChI=1S/C16H12O4/c1-8-5-12-14(13(6-8)20-2)16(19)10-4-3-9(17)7-11(10)15(12)18/h3-7,17H,1-2H3. The molecule has 20 heavy (non-hydrogen) atoms. The van der Waals surface area contributed by atoms with Crippen molar-refractivity contribution in [2.24, 2.45) is 0 Å². The Morgan fingerprint density at radius 2 is 1.70 bits per heavy atom. The summed E-state index contributed by atoms with van der Waals surface area (Å²) in [7, 11) is 1.47. The molecule has 0 aliphatic heterocycles. The lowest BCUT2D eigenvalue weighted by Gasteiger charge is -2.20. The molecule has 0 amide bonds. The Labute approximate surface area is 115 Å². The van der Waals surface area contributed by atoms with Gasteiger partial charge in [0.05, 0.1) is 12.7 Å². The number of carbonyl (C=O) groups is 2. The Kier molecular flexibility index (Phi) is 2.61. The second kappa shape index (κ2) is 4.20. The Morgan fingerprint density at radius 1 is 0.950 bits per heavy atom. The van der Waals surface area contributed by atoms with E-state index in [0.717, 1.165) is 5.56 Å². The smallest absolute Gasteiger partial charge is 0.198 e. The maximum absolute atomic E-state index is 12.5. The van der Waals surface area contributed by atoms with Gasteiger partial charge in [-0.2, -0.15) is 0 Å². The minimum atomic E-state index is -0.271. The molecule has 0 fully saturated rings. The number of methoxy groups -OCH3 is 1. The quantitative estimate of drug-likeness (QED) is 0.736. The topological polar surface area (TPSA) is 63.6 Å². The van der Waals surface area contributed by atoms with E-state index in [2.05, 4.69) is 0 Å². The number of hydrogen-bond donors (Lipinski definition) is 1. The van der Waals surface area contributed by atoms with E-state index in [9.17, 15) is 14.7 Å². The fraction of sp³-hybridized carbons (Fsp3) is 0.125. The van der Waals surface area contributed by atoms with Crippen LogP contribution in [0.4, 0.5) is 0 Å². The first kappa shape index (κ1) is 12.4. The van der Waals surface area contributed by atoms with Crippen molar-refractivity contribution in [1.82, 2.24) is 0 Å². The number of hydrogen-bond acceptors (Lipinski definition) is 4.